The lowest BCUT2D eigenvalue weighted by molar-refractivity contribution is -0.132. The van der Waals surface area contributed by atoms with E-state index in [-0.39, 0.29) is 17.8 Å². The fourth-order valence-corrected chi connectivity index (χ4v) is 4.98. The van der Waals surface area contributed by atoms with E-state index in [0.29, 0.717) is 0 Å². The maximum Gasteiger partial charge on any atom is 0.244 e. The number of nitrogens with one attached hydrogen (secondary N) is 1. The molecule has 0 bridgehead atoms. The molecule has 2 aromatic rings. The Kier molecular flexibility index (Phi) is 5.27. The van der Waals surface area contributed by atoms with Crippen molar-refractivity contribution >= 4 is 17.7 Å². The van der Waals surface area contributed by atoms with Crippen molar-refractivity contribution in [3.05, 3.63) is 65.5 Å². The van der Waals surface area contributed by atoms with Crippen LogP contribution in [0.3, 0.4) is 0 Å². The van der Waals surface area contributed by atoms with E-state index in [4.69, 9.17) is 0 Å². The van der Waals surface area contributed by atoms with Crippen molar-refractivity contribution in [1.82, 2.24) is 10.2 Å². The van der Waals surface area contributed by atoms with Crippen molar-refractivity contribution in [1.29, 1.82) is 0 Å². The molecule has 0 aliphatic carbocycles. The van der Waals surface area contributed by atoms with Crippen LogP contribution in [0.15, 0.2) is 53.4 Å². The normalized spacial score (nSPS) is 20.7. The molecule has 2 aromatic carbocycles. The van der Waals surface area contributed by atoms with Crippen LogP contribution in [-0.2, 0) is 4.79 Å². The average Bonchev–Trinajstić information content (AvgIpc) is 3.22. The van der Waals surface area contributed by atoms with Crippen molar-refractivity contribution in [3.63, 3.8) is 0 Å². The Morgan fingerprint density at radius 1 is 1.12 bits per heavy atom. The lowest BCUT2D eigenvalue weighted by Crippen LogP contribution is -2.41. The molecule has 26 heavy (non-hydrogen) atoms. The summed E-state index contributed by atoms with van der Waals surface area (Å²) in [7, 11) is 0. The summed E-state index contributed by atoms with van der Waals surface area (Å²) in [6.45, 7) is 1.66. The lowest BCUT2D eigenvalue weighted by Gasteiger charge is -2.32. The molecule has 2 unspecified atom stereocenters. The molecule has 2 heterocycles. The molecular formula is C21H23FN2OS. The third-order valence-corrected chi connectivity index (χ3v) is 6.35. The molecule has 2 aliphatic rings. The van der Waals surface area contributed by atoms with Gasteiger partial charge in [-0.2, -0.15) is 0 Å². The van der Waals surface area contributed by atoms with E-state index >= 15 is 0 Å². The maximum absolute atomic E-state index is 14.2. The number of thioether (sulfide) groups is 1. The zero-order chi connectivity index (χ0) is 17.9. The topological polar surface area (TPSA) is 32.3 Å². The standard InChI is InChI=1S/C21H23FN2OS/c22-17-10-6-9-16-18(11-14-26-20(16)17)23-19(15-7-2-1-3-8-15)21(25)24-12-4-5-13-24/h1-3,6-10,18-19,23H,4-5,11-14H2. The van der Waals surface area contributed by atoms with E-state index in [9.17, 15) is 9.18 Å². The first-order chi connectivity index (χ1) is 12.7. The van der Waals surface area contributed by atoms with E-state index in [0.717, 1.165) is 54.1 Å². The van der Waals surface area contributed by atoms with Crippen molar-refractivity contribution in [2.45, 2.75) is 36.2 Å². The first kappa shape index (κ1) is 17.6. The molecule has 0 spiro atoms. The van der Waals surface area contributed by atoms with Crippen LogP contribution >= 0.6 is 11.8 Å². The summed E-state index contributed by atoms with van der Waals surface area (Å²) in [5.74, 6) is 0.816. The smallest absolute Gasteiger partial charge is 0.244 e. The van der Waals surface area contributed by atoms with Crippen LogP contribution in [-0.4, -0.2) is 29.6 Å². The van der Waals surface area contributed by atoms with E-state index < -0.39 is 6.04 Å². The van der Waals surface area contributed by atoms with Gasteiger partial charge in [-0.25, -0.2) is 4.39 Å². The van der Waals surface area contributed by atoms with Crippen LogP contribution in [0.4, 0.5) is 4.39 Å². The summed E-state index contributed by atoms with van der Waals surface area (Å²) in [5, 5.41) is 3.56. The Hall–Kier alpha value is -1.85. The van der Waals surface area contributed by atoms with Gasteiger partial charge in [-0.15, -0.1) is 11.8 Å². The second-order valence-electron chi connectivity index (χ2n) is 6.89. The number of carbonyl (C=O) groups excluding carboxylic acids is 1. The highest BCUT2D eigenvalue weighted by Crippen LogP contribution is 2.39. The summed E-state index contributed by atoms with van der Waals surface area (Å²) in [4.78, 5) is 15.9. The molecule has 0 saturated carbocycles. The van der Waals surface area contributed by atoms with Crippen LogP contribution in [0, 0.1) is 5.82 Å². The van der Waals surface area contributed by atoms with Crippen molar-refractivity contribution in [2.75, 3.05) is 18.8 Å². The summed E-state index contributed by atoms with van der Waals surface area (Å²) < 4.78 is 14.2. The van der Waals surface area contributed by atoms with Crippen LogP contribution < -0.4 is 5.32 Å². The van der Waals surface area contributed by atoms with E-state index in [1.807, 2.05) is 41.3 Å². The molecule has 2 atom stereocenters. The molecule has 3 nitrogen and oxygen atoms in total. The molecule has 1 amide bonds. The van der Waals surface area contributed by atoms with Crippen molar-refractivity contribution in [2.24, 2.45) is 0 Å². The Bertz CT molecular complexity index is 777. The molecular weight excluding hydrogens is 347 g/mol. The van der Waals surface area contributed by atoms with Gasteiger partial charge in [-0.05, 0) is 42.2 Å². The number of carbonyl (C=O) groups is 1. The number of rotatable bonds is 4. The van der Waals surface area contributed by atoms with Crippen LogP contribution in [0.5, 0.6) is 0 Å². The van der Waals surface area contributed by atoms with Gasteiger partial charge < -0.3 is 4.90 Å². The molecule has 5 heteroatoms. The minimum Gasteiger partial charge on any atom is -0.341 e. The Morgan fingerprint density at radius 2 is 1.88 bits per heavy atom. The highest BCUT2D eigenvalue weighted by Gasteiger charge is 2.32. The van der Waals surface area contributed by atoms with Crippen LogP contribution in [0.25, 0.3) is 0 Å². The maximum atomic E-state index is 14.2. The zero-order valence-electron chi connectivity index (χ0n) is 14.7. The van der Waals surface area contributed by atoms with Gasteiger partial charge in [0.25, 0.3) is 0 Å². The predicted molar refractivity (Wildman–Crippen MR) is 103 cm³/mol. The number of halogens is 1. The molecule has 0 aromatic heterocycles. The predicted octanol–water partition coefficient (Wildman–Crippen LogP) is 4.32. The second-order valence-corrected chi connectivity index (χ2v) is 8.00. The highest BCUT2D eigenvalue weighted by molar-refractivity contribution is 7.99. The minimum atomic E-state index is -0.390. The van der Waals surface area contributed by atoms with Crippen LogP contribution in [0.1, 0.15) is 42.5 Å². The number of nitrogens with zero attached hydrogens (tertiary/aromatic N) is 1. The molecule has 136 valence electrons. The van der Waals surface area contributed by atoms with Gasteiger partial charge in [-0.1, -0.05) is 42.5 Å². The molecule has 1 N–H and O–H groups in total. The van der Waals surface area contributed by atoms with E-state index in [1.165, 1.54) is 6.07 Å². The third kappa shape index (κ3) is 3.51. The van der Waals surface area contributed by atoms with Crippen LogP contribution in [0.2, 0.25) is 0 Å². The number of fused-ring (bicyclic) bond motifs is 1. The monoisotopic (exact) mass is 370 g/mol. The molecule has 0 radical (unpaired) electrons. The number of likely N-dealkylation sites (tertiary alicyclic amines) is 1. The van der Waals surface area contributed by atoms with Gasteiger partial charge in [0, 0.05) is 24.0 Å². The summed E-state index contributed by atoms with van der Waals surface area (Å²) in [5.41, 5.74) is 1.94. The molecule has 2 aliphatic heterocycles. The molecule has 4 rings (SSSR count). The molecule has 1 fully saturated rings. The largest absolute Gasteiger partial charge is 0.341 e. The highest BCUT2D eigenvalue weighted by atomic mass is 32.2. The summed E-state index contributed by atoms with van der Waals surface area (Å²) >= 11 is 1.57. The third-order valence-electron chi connectivity index (χ3n) is 5.19. The molecule has 1 saturated heterocycles. The van der Waals surface area contributed by atoms with Gasteiger partial charge in [-0.3, -0.25) is 10.1 Å². The van der Waals surface area contributed by atoms with E-state index in [1.54, 1.807) is 17.8 Å². The van der Waals surface area contributed by atoms with Crippen molar-refractivity contribution in [3.8, 4) is 0 Å². The van der Waals surface area contributed by atoms with Gasteiger partial charge in [0.15, 0.2) is 0 Å². The average molecular weight is 370 g/mol. The number of benzene rings is 2. The number of amides is 1. The van der Waals surface area contributed by atoms with Gasteiger partial charge >= 0.3 is 0 Å². The second kappa shape index (κ2) is 7.80. The Labute approximate surface area is 158 Å². The summed E-state index contributed by atoms with van der Waals surface area (Å²) in [6.07, 6.45) is 3.03. The quantitative estimate of drug-likeness (QED) is 0.870. The minimum absolute atomic E-state index is 0.0151. The SMILES string of the molecule is O=C(C(NC1CCSc2c(F)cccc21)c1ccccc1)N1CCCC1. The van der Waals surface area contributed by atoms with Gasteiger partial charge in [0.1, 0.15) is 11.9 Å². The van der Waals surface area contributed by atoms with Gasteiger partial charge in [0.05, 0.1) is 0 Å². The fourth-order valence-electron chi connectivity index (χ4n) is 3.84. The first-order valence-electron chi connectivity index (χ1n) is 9.25. The van der Waals surface area contributed by atoms with Crippen molar-refractivity contribution < 1.29 is 9.18 Å². The zero-order valence-corrected chi connectivity index (χ0v) is 15.5. The number of hydrogen-bond donors (Lipinski definition) is 1. The fraction of sp³-hybridized carbons (Fsp3) is 0.381. The van der Waals surface area contributed by atoms with E-state index in [2.05, 4.69) is 5.32 Å². The number of hydrogen-bond acceptors (Lipinski definition) is 3. The Morgan fingerprint density at radius 3 is 2.65 bits per heavy atom. The summed E-state index contributed by atoms with van der Waals surface area (Å²) in [6, 6.07) is 14.7. The lowest BCUT2D eigenvalue weighted by atomic mass is 9.99. The van der Waals surface area contributed by atoms with Gasteiger partial charge in [0.2, 0.25) is 5.91 Å². The first-order valence-corrected chi connectivity index (χ1v) is 10.2. The Balaban J connectivity index is 1.64.